The Morgan fingerprint density at radius 2 is 1.87 bits per heavy atom. The number of hydrogen-bond acceptors (Lipinski definition) is 4. The van der Waals surface area contributed by atoms with Gasteiger partial charge in [-0.25, -0.2) is 17.7 Å². The minimum absolute atomic E-state index is 0.0446. The van der Waals surface area contributed by atoms with Crippen molar-refractivity contribution < 1.29 is 22.5 Å². The normalized spacial score (nSPS) is 13.1. The van der Waals surface area contributed by atoms with Crippen LogP contribution in [-0.4, -0.2) is 16.8 Å². The maximum absolute atomic E-state index is 14.1. The second-order valence-electron chi connectivity index (χ2n) is 6.59. The topological polar surface area (TPSA) is 55.4 Å². The fourth-order valence-electron chi connectivity index (χ4n) is 2.82. The summed E-state index contributed by atoms with van der Waals surface area (Å²) in [4.78, 5) is 13.9. The Morgan fingerprint density at radius 1 is 1.13 bits per heavy atom. The van der Waals surface area contributed by atoms with Gasteiger partial charge in [0.05, 0.1) is 24.0 Å². The summed E-state index contributed by atoms with van der Waals surface area (Å²) >= 11 is 1.21. The van der Waals surface area contributed by atoms with E-state index >= 15 is 0 Å². The maximum Gasteiger partial charge on any atom is 0.307 e. The molecule has 0 fully saturated rings. The van der Waals surface area contributed by atoms with E-state index in [9.17, 15) is 17.8 Å². The molecule has 4 nitrogen and oxygen atoms in total. The van der Waals surface area contributed by atoms with E-state index in [0.717, 1.165) is 23.8 Å². The minimum atomic E-state index is -1.57. The molecule has 0 saturated heterocycles. The van der Waals surface area contributed by atoms with E-state index in [1.54, 1.807) is 31.2 Å². The lowest BCUT2D eigenvalue weighted by Gasteiger charge is -2.16. The molecule has 8 heteroatoms. The summed E-state index contributed by atoms with van der Waals surface area (Å²) in [7, 11) is -1.57. The zero-order valence-electron chi connectivity index (χ0n) is 16.5. The number of halogens is 2. The Morgan fingerprint density at radius 3 is 2.57 bits per heavy atom. The first-order chi connectivity index (χ1) is 14.4. The molecule has 1 aromatic heterocycles. The molecule has 1 heterocycles. The molecule has 0 saturated carbocycles. The van der Waals surface area contributed by atoms with Crippen LogP contribution in [0.15, 0.2) is 59.5 Å². The van der Waals surface area contributed by atoms with Crippen molar-refractivity contribution in [2.75, 3.05) is 6.61 Å². The van der Waals surface area contributed by atoms with Crippen molar-refractivity contribution in [3.8, 4) is 10.4 Å². The molecule has 0 aliphatic rings. The van der Waals surface area contributed by atoms with Crippen molar-refractivity contribution in [1.82, 2.24) is 4.72 Å². The van der Waals surface area contributed by atoms with Crippen molar-refractivity contribution in [2.45, 2.75) is 31.2 Å². The monoisotopic (exact) mass is 449 g/mol. The minimum Gasteiger partial charge on any atom is -0.466 e. The van der Waals surface area contributed by atoms with Gasteiger partial charge in [0, 0.05) is 15.3 Å². The van der Waals surface area contributed by atoms with Gasteiger partial charge < -0.3 is 4.74 Å². The van der Waals surface area contributed by atoms with Crippen LogP contribution in [0, 0.1) is 18.6 Å². The van der Waals surface area contributed by atoms with Crippen molar-refractivity contribution in [3.63, 3.8) is 0 Å². The Bertz CT molecular complexity index is 1050. The van der Waals surface area contributed by atoms with Crippen LogP contribution in [0.25, 0.3) is 10.4 Å². The van der Waals surface area contributed by atoms with Gasteiger partial charge in [0.2, 0.25) is 0 Å². The quantitative estimate of drug-likeness (QED) is 0.474. The molecule has 1 N–H and O–H groups in total. The van der Waals surface area contributed by atoms with Crippen LogP contribution in [-0.2, 0) is 20.5 Å². The van der Waals surface area contributed by atoms with Gasteiger partial charge >= 0.3 is 5.97 Å². The van der Waals surface area contributed by atoms with E-state index in [1.807, 2.05) is 19.1 Å². The SMILES string of the molecule is CCOC(=O)C[C@H](N[S@](=O)c1ccc(C)cc1)c1ccc(-c2cc(F)ccc2F)s1. The van der Waals surface area contributed by atoms with Gasteiger partial charge in [-0.05, 0) is 56.3 Å². The van der Waals surface area contributed by atoms with E-state index in [-0.39, 0.29) is 18.6 Å². The first-order valence-corrected chi connectivity index (χ1v) is 11.3. The summed E-state index contributed by atoms with van der Waals surface area (Å²) in [5.41, 5.74) is 1.18. The van der Waals surface area contributed by atoms with Crippen LogP contribution in [0.2, 0.25) is 0 Å². The summed E-state index contributed by atoms with van der Waals surface area (Å²) in [5, 5.41) is 0. The molecule has 2 atom stereocenters. The molecule has 0 radical (unpaired) electrons. The number of rotatable bonds is 8. The molecule has 158 valence electrons. The third-order valence-corrected chi connectivity index (χ3v) is 6.76. The number of esters is 1. The zero-order chi connectivity index (χ0) is 21.7. The molecule has 0 amide bonds. The first kappa shape index (κ1) is 22.3. The number of aryl methyl sites for hydroxylation is 1. The summed E-state index contributed by atoms with van der Waals surface area (Å²) in [6.07, 6.45) is -0.0446. The zero-order valence-corrected chi connectivity index (χ0v) is 18.1. The molecule has 0 unspecified atom stereocenters. The molecule has 0 aliphatic carbocycles. The van der Waals surface area contributed by atoms with Gasteiger partial charge in [-0.2, -0.15) is 0 Å². The highest BCUT2D eigenvalue weighted by Crippen LogP contribution is 2.35. The van der Waals surface area contributed by atoms with Crippen LogP contribution in [0.3, 0.4) is 0 Å². The number of nitrogens with one attached hydrogen (secondary N) is 1. The largest absolute Gasteiger partial charge is 0.466 e. The predicted octanol–water partition coefficient (Wildman–Crippen LogP) is 5.31. The van der Waals surface area contributed by atoms with Gasteiger partial charge in [-0.3, -0.25) is 4.79 Å². The molecule has 3 rings (SSSR count). The van der Waals surface area contributed by atoms with Crippen LogP contribution in [0.5, 0.6) is 0 Å². The molecule has 30 heavy (non-hydrogen) atoms. The van der Waals surface area contributed by atoms with Crippen molar-refractivity contribution in [3.05, 3.63) is 76.7 Å². The van der Waals surface area contributed by atoms with Gasteiger partial charge in [0.15, 0.2) is 0 Å². The number of thiophene rings is 1. The summed E-state index contributed by atoms with van der Waals surface area (Å²) in [5.74, 6) is -1.52. The smallest absolute Gasteiger partial charge is 0.307 e. The molecule has 0 bridgehead atoms. The fourth-order valence-corrected chi connectivity index (χ4v) is 4.96. The van der Waals surface area contributed by atoms with E-state index in [1.165, 1.54) is 11.3 Å². The summed E-state index contributed by atoms with van der Waals surface area (Å²) < 4.78 is 48.5. The number of ether oxygens (including phenoxy) is 1. The maximum atomic E-state index is 14.1. The lowest BCUT2D eigenvalue weighted by Crippen LogP contribution is -2.26. The van der Waals surface area contributed by atoms with E-state index in [4.69, 9.17) is 4.74 Å². The van der Waals surface area contributed by atoms with Crippen LogP contribution < -0.4 is 4.72 Å². The van der Waals surface area contributed by atoms with Gasteiger partial charge in [0.25, 0.3) is 0 Å². The highest BCUT2D eigenvalue weighted by Gasteiger charge is 2.22. The Labute approximate surface area is 180 Å². The average molecular weight is 450 g/mol. The Hall–Kier alpha value is -2.42. The van der Waals surface area contributed by atoms with Gasteiger partial charge in [-0.15, -0.1) is 11.3 Å². The number of carbonyl (C=O) groups excluding carboxylic acids is 1. The molecule has 0 aliphatic heterocycles. The Balaban J connectivity index is 1.87. The standard InChI is InChI=1S/C22H21F2NO3S2/c1-3-28-22(26)13-19(25-30(27)16-7-4-14(2)5-8-16)21-11-10-20(29-21)17-12-15(23)6-9-18(17)24/h4-12,19,25H,3,13H2,1-2H3/t19-,30+/m0/s1. The molecule has 3 aromatic rings. The second-order valence-corrected chi connectivity index (χ2v) is 8.95. The van der Waals surface area contributed by atoms with Crippen LogP contribution >= 0.6 is 11.3 Å². The van der Waals surface area contributed by atoms with Crippen molar-refractivity contribution in [1.29, 1.82) is 0 Å². The average Bonchev–Trinajstić information content (AvgIpc) is 3.20. The molecular formula is C22H21F2NO3S2. The third-order valence-electron chi connectivity index (χ3n) is 4.32. The molecule has 0 spiro atoms. The fraction of sp³-hybridized carbons (Fsp3) is 0.227. The van der Waals surface area contributed by atoms with Crippen molar-refractivity contribution >= 4 is 28.3 Å². The Kier molecular flexibility index (Phi) is 7.47. The van der Waals surface area contributed by atoms with E-state index < -0.39 is 34.6 Å². The highest BCUT2D eigenvalue weighted by atomic mass is 32.2. The van der Waals surface area contributed by atoms with Gasteiger partial charge in [0.1, 0.15) is 22.6 Å². The third kappa shape index (κ3) is 5.59. The summed E-state index contributed by atoms with van der Waals surface area (Å²) in [6.45, 7) is 3.87. The van der Waals surface area contributed by atoms with E-state index in [2.05, 4.69) is 4.72 Å². The molecule has 2 aromatic carbocycles. The summed E-state index contributed by atoms with van der Waals surface area (Å²) in [6, 6.07) is 13.2. The predicted molar refractivity (Wildman–Crippen MR) is 114 cm³/mol. The van der Waals surface area contributed by atoms with Gasteiger partial charge in [-0.1, -0.05) is 17.7 Å². The number of carbonyl (C=O) groups is 1. The number of hydrogen-bond donors (Lipinski definition) is 1. The van der Waals surface area contributed by atoms with E-state index in [0.29, 0.717) is 14.6 Å². The van der Waals surface area contributed by atoms with Crippen LogP contribution in [0.4, 0.5) is 8.78 Å². The second kappa shape index (κ2) is 10.1. The molecular weight excluding hydrogens is 428 g/mol. The first-order valence-electron chi connectivity index (χ1n) is 9.32. The highest BCUT2D eigenvalue weighted by molar-refractivity contribution is 7.83. The lowest BCUT2D eigenvalue weighted by atomic mass is 10.1. The lowest BCUT2D eigenvalue weighted by molar-refractivity contribution is -0.143. The number of benzene rings is 2. The van der Waals surface area contributed by atoms with Crippen molar-refractivity contribution in [2.24, 2.45) is 0 Å². The van der Waals surface area contributed by atoms with Crippen LogP contribution in [0.1, 0.15) is 29.8 Å².